The Morgan fingerprint density at radius 1 is 1.31 bits per heavy atom. The Labute approximate surface area is 93.9 Å². The van der Waals surface area contributed by atoms with Gasteiger partial charge in [-0.3, -0.25) is 0 Å². The van der Waals surface area contributed by atoms with Crippen LogP contribution in [0.25, 0.3) is 0 Å². The van der Waals surface area contributed by atoms with Gasteiger partial charge in [-0.2, -0.15) is 0 Å². The smallest absolute Gasteiger partial charge is 0.190 e. The van der Waals surface area contributed by atoms with Gasteiger partial charge in [0, 0.05) is 0 Å². The maximum absolute atomic E-state index is 13.4. The Balaban J connectivity index is 2.85. The van der Waals surface area contributed by atoms with E-state index < -0.39 is 17.7 Å². The molecule has 16 heavy (non-hydrogen) atoms. The first-order valence-electron chi connectivity index (χ1n) is 5.36. The second kappa shape index (κ2) is 5.80. The molecule has 90 valence electrons. The van der Waals surface area contributed by atoms with Gasteiger partial charge in [0.15, 0.2) is 17.4 Å². The summed E-state index contributed by atoms with van der Waals surface area (Å²) in [6.45, 7) is 3.71. The molecular weight excluding hydrogens is 214 g/mol. The highest BCUT2D eigenvalue weighted by molar-refractivity contribution is 5.32. The minimum absolute atomic E-state index is 0.206. The van der Waals surface area contributed by atoms with Crippen molar-refractivity contribution in [1.82, 2.24) is 0 Å². The standard InChI is InChI=1S/C12H16F2O2/c1-3-4-5-16-12-10(13)6-9(8(2)15)7-11(12)14/h6-8,15H,3-5H2,1-2H3. The second-order valence-corrected chi connectivity index (χ2v) is 3.69. The maximum atomic E-state index is 13.4. The molecule has 4 heteroatoms. The Bertz CT molecular complexity index is 328. The zero-order chi connectivity index (χ0) is 12.1. The summed E-state index contributed by atoms with van der Waals surface area (Å²) >= 11 is 0. The third-order valence-corrected chi connectivity index (χ3v) is 2.25. The molecule has 1 aromatic carbocycles. The topological polar surface area (TPSA) is 29.5 Å². The largest absolute Gasteiger partial charge is 0.488 e. The van der Waals surface area contributed by atoms with Gasteiger partial charge in [-0.1, -0.05) is 13.3 Å². The van der Waals surface area contributed by atoms with Gasteiger partial charge in [-0.25, -0.2) is 8.78 Å². The normalized spacial score (nSPS) is 12.6. The van der Waals surface area contributed by atoms with Crippen LogP contribution in [0, 0.1) is 11.6 Å². The van der Waals surface area contributed by atoms with E-state index in [1.165, 1.54) is 6.92 Å². The first kappa shape index (κ1) is 12.9. The molecule has 0 heterocycles. The van der Waals surface area contributed by atoms with Gasteiger partial charge in [0.25, 0.3) is 0 Å². The van der Waals surface area contributed by atoms with Crippen LogP contribution in [0.5, 0.6) is 5.75 Å². The SMILES string of the molecule is CCCCOc1c(F)cc(C(C)O)cc1F. The number of halogens is 2. The Kier molecular flexibility index (Phi) is 4.68. The number of aliphatic hydroxyl groups is 1. The lowest BCUT2D eigenvalue weighted by molar-refractivity contribution is 0.197. The molecule has 1 aromatic rings. The number of ether oxygens (including phenoxy) is 1. The highest BCUT2D eigenvalue weighted by Crippen LogP contribution is 2.26. The molecule has 0 radical (unpaired) electrons. The second-order valence-electron chi connectivity index (χ2n) is 3.69. The molecule has 1 unspecified atom stereocenters. The zero-order valence-electron chi connectivity index (χ0n) is 9.46. The number of hydrogen-bond donors (Lipinski definition) is 1. The average molecular weight is 230 g/mol. The highest BCUT2D eigenvalue weighted by Gasteiger charge is 2.14. The van der Waals surface area contributed by atoms with Crippen molar-refractivity contribution in [1.29, 1.82) is 0 Å². The van der Waals surface area contributed by atoms with E-state index in [1.807, 2.05) is 6.92 Å². The summed E-state index contributed by atoms with van der Waals surface area (Å²) in [7, 11) is 0. The summed E-state index contributed by atoms with van der Waals surface area (Å²) in [5.74, 6) is -1.91. The Morgan fingerprint density at radius 3 is 2.31 bits per heavy atom. The van der Waals surface area contributed by atoms with Gasteiger partial charge in [0.05, 0.1) is 12.7 Å². The minimum atomic E-state index is -0.895. The first-order chi connectivity index (χ1) is 7.56. The van der Waals surface area contributed by atoms with Crippen LogP contribution in [-0.2, 0) is 0 Å². The van der Waals surface area contributed by atoms with E-state index in [9.17, 15) is 13.9 Å². The van der Waals surface area contributed by atoms with E-state index in [-0.39, 0.29) is 11.3 Å². The molecule has 0 fully saturated rings. The molecule has 0 amide bonds. The Hall–Kier alpha value is -1.16. The van der Waals surface area contributed by atoms with Crippen LogP contribution in [0.15, 0.2) is 12.1 Å². The van der Waals surface area contributed by atoms with Crippen molar-refractivity contribution in [2.24, 2.45) is 0 Å². The van der Waals surface area contributed by atoms with Gasteiger partial charge >= 0.3 is 0 Å². The van der Waals surface area contributed by atoms with Crippen LogP contribution >= 0.6 is 0 Å². The van der Waals surface area contributed by atoms with E-state index in [1.54, 1.807) is 0 Å². The van der Waals surface area contributed by atoms with E-state index in [4.69, 9.17) is 4.74 Å². The van der Waals surface area contributed by atoms with Crippen LogP contribution in [0.2, 0.25) is 0 Å². The molecule has 0 saturated carbocycles. The number of aliphatic hydroxyl groups excluding tert-OH is 1. The molecule has 1 N–H and O–H groups in total. The van der Waals surface area contributed by atoms with E-state index in [0.29, 0.717) is 6.61 Å². The predicted molar refractivity (Wildman–Crippen MR) is 57.4 cm³/mol. The summed E-state index contributed by atoms with van der Waals surface area (Å²) in [5.41, 5.74) is 0.206. The van der Waals surface area contributed by atoms with Crippen molar-refractivity contribution in [3.8, 4) is 5.75 Å². The quantitative estimate of drug-likeness (QED) is 0.787. The van der Waals surface area contributed by atoms with Crippen molar-refractivity contribution in [2.75, 3.05) is 6.61 Å². The van der Waals surface area contributed by atoms with Crippen LogP contribution in [0.4, 0.5) is 8.78 Å². The van der Waals surface area contributed by atoms with Gasteiger partial charge in [-0.05, 0) is 31.0 Å². The number of rotatable bonds is 5. The molecular formula is C12H16F2O2. The maximum Gasteiger partial charge on any atom is 0.190 e. The monoisotopic (exact) mass is 230 g/mol. The summed E-state index contributed by atoms with van der Waals surface area (Å²) in [4.78, 5) is 0. The van der Waals surface area contributed by atoms with E-state index in [2.05, 4.69) is 0 Å². The fourth-order valence-electron chi connectivity index (χ4n) is 1.28. The van der Waals surface area contributed by atoms with Crippen LogP contribution in [0.3, 0.4) is 0 Å². The van der Waals surface area contributed by atoms with Crippen LogP contribution < -0.4 is 4.74 Å². The van der Waals surface area contributed by atoms with Gasteiger partial charge in [0.1, 0.15) is 0 Å². The van der Waals surface area contributed by atoms with Crippen molar-refractivity contribution in [2.45, 2.75) is 32.8 Å². The van der Waals surface area contributed by atoms with Gasteiger partial charge in [0.2, 0.25) is 0 Å². The number of hydrogen-bond acceptors (Lipinski definition) is 2. The summed E-state index contributed by atoms with van der Waals surface area (Å²) in [6, 6.07) is 2.18. The molecule has 0 spiro atoms. The van der Waals surface area contributed by atoms with Crippen molar-refractivity contribution >= 4 is 0 Å². The van der Waals surface area contributed by atoms with E-state index in [0.717, 1.165) is 25.0 Å². The lowest BCUT2D eigenvalue weighted by Gasteiger charge is -2.11. The minimum Gasteiger partial charge on any atom is -0.488 e. The van der Waals surface area contributed by atoms with Gasteiger partial charge < -0.3 is 9.84 Å². The number of unbranched alkanes of at least 4 members (excludes halogenated alkanes) is 1. The third-order valence-electron chi connectivity index (χ3n) is 2.25. The van der Waals surface area contributed by atoms with Crippen LogP contribution in [-0.4, -0.2) is 11.7 Å². The molecule has 0 saturated heterocycles. The summed E-state index contributed by atoms with van der Waals surface area (Å²) in [6.07, 6.45) is 0.750. The highest BCUT2D eigenvalue weighted by atomic mass is 19.1. The fourth-order valence-corrected chi connectivity index (χ4v) is 1.28. The Morgan fingerprint density at radius 2 is 1.88 bits per heavy atom. The molecule has 0 aliphatic carbocycles. The third kappa shape index (κ3) is 3.17. The molecule has 0 aliphatic heterocycles. The molecule has 2 nitrogen and oxygen atoms in total. The zero-order valence-corrected chi connectivity index (χ0v) is 9.46. The first-order valence-corrected chi connectivity index (χ1v) is 5.36. The molecule has 0 bridgehead atoms. The molecule has 1 rings (SSSR count). The summed E-state index contributed by atoms with van der Waals surface area (Å²) in [5, 5.41) is 9.20. The molecule has 1 atom stereocenters. The fraction of sp³-hybridized carbons (Fsp3) is 0.500. The molecule has 0 aliphatic rings. The average Bonchev–Trinajstić information content (AvgIpc) is 2.21. The lowest BCUT2D eigenvalue weighted by Crippen LogP contribution is -2.03. The lowest BCUT2D eigenvalue weighted by atomic mass is 10.1. The van der Waals surface area contributed by atoms with E-state index >= 15 is 0 Å². The molecule has 0 aromatic heterocycles. The van der Waals surface area contributed by atoms with Crippen molar-refractivity contribution in [3.05, 3.63) is 29.3 Å². The van der Waals surface area contributed by atoms with Crippen LogP contribution in [0.1, 0.15) is 38.4 Å². The number of benzene rings is 1. The summed E-state index contributed by atoms with van der Waals surface area (Å²) < 4.78 is 31.9. The van der Waals surface area contributed by atoms with Crippen molar-refractivity contribution < 1.29 is 18.6 Å². The van der Waals surface area contributed by atoms with Crippen molar-refractivity contribution in [3.63, 3.8) is 0 Å². The van der Waals surface area contributed by atoms with Gasteiger partial charge in [-0.15, -0.1) is 0 Å². The predicted octanol–water partition coefficient (Wildman–Crippen LogP) is 3.20.